The lowest BCUT2D eigenvalue weighted by atomic mass is 10.1. The van der Waals surface area contributed by atoms with Gasteiger partial charge in [0.15, 0.2) is 0 Å². The van der Waals surface area contributed by atoms with Crippen molar-refractivity contribution in [2.24, 2.45) is 0 Å². The van der Waals surface area contributed by atoms with E-state index in [-0.39, 0.29) is 18.0 Å². The first-order valence-electron chi connectivity index (χ1n) is 11.9. The van der Waals surface area contributed by atoms with Crippen LogP contribution in [0.1, 0.15) is 29.0 Å². The smallest absolute Gasteiger partial charge is 0.273 e. The van der Waals surface area contributed by atoms with Crippen LogP contribution >= 0.6 is 11.6 Å². The number of aromatic nitrogens is 4. The predicted octanol–water partition coefficient (Wildman–Crippen LogP) is 3.98. The average molecular weight is 488 g/mol. The number of fused-ring (bicyclic) bond motifs is 3. The van der Waals surface area contributed by atoms with Gasteiger partial charge in [-0.2, -0.15) is 0 Å². The largest absolute Gasteiger partial charge is 0.373 e. The van der Waals surface area contributed by atoms with Crippen LogP contribution in [0.4, 0.5) is 5.82 Å². The molecule has 6 rings (SSSR count). The normalized spacial score (nSPS) is 19.9. The molecule has 1 amide bonds. The fraction of sp³-hybridized carbons (Fsp3) is 0.308. The van der Waals surface area contributed by atoms with E-state index in [0.717, 1.165) is 49.4 Å². The predicted molar refractivity (Wildman–Crippen MR) is 135 cm³/mol. The third-order valence-corrected chi connectivity index (χ3v) is 7.26. The van der Waals surface area contributed by atoms with Gasteiger partial charge >= 0.3 is 0 Å². The molecule has 2 fully saturated rings. The Morgan fingerprint density at radius 1 is 1.06 bits per heavy atom. The van der Waals surface area contributed by atoms with Crippen LogP contribution in [0.2, 0.25) is 5.02 Å². The Balaban J connectivity index is 1.27. The summed E-state index contributed by atoms with van der Waals surface area (Å²) < 4.78 is 2.07. The van der Waals surface area contributed by atoms with Crippen LogP contribution in [-0.4, -0.2) is 67.3 Å². The van der Waals surface area contributed by atoms with Crippen LogP contribution in [0.25, 0.3) is 17.0 Å². The van der Waals surface area contributed by atoms with Crippen LogP contribution in [0.3, 0.4) is 0 Å². The number of amides is 1. The van der Waals surface area contributed by atoms with Gasteiger partial charge in [0.1, 0.15) is 11.5 Å². The number of nitrogens with zero attached hydrogens (tertiary/aromatic N) is 6. The zero-order valence-electron chi connectivity index (χ0n) is 19.4. The first-order chi connectivity index (χ1) is 17.1. The Labute approximate surface area is 208 Å². The van der Waals surface area contributed by atoms with Crippen molar-refractivity contribution >= 4 is 29.1 Å². The van der Waals surface area contributed by atoms with Crippen LogP contribution in [0, 0.1) is 0 Å². The van der Waals surface area contributed by atoms with Crippen molar-refractivity contribution in [2.75, 3.05) is 25.5 Å². The molecule has 0 aliphatic carbocycles. The van der Waals surface area contributed by atoms with Crippen LogP contribution in [-0.2, 0) is 6.54 Å². The molecule has 0 radical (unpaired) electrons. The number of piperazine rings is 1. The minimum absolute atomic E-state index is 0.0232. The second-order valence-corrected chi connectivity index (χ2v) is 9.59. The van der Waals surface area contributed by atoms with Gasteiger partial charge in [0, 0.05) is 61.7 Å². The number of nitrogens with one attached hydrogen (secondary N) is 1. The molecule has 2 bridgehead atoms. The Bertz CT molecular complexity index is 1370. The van der Waals surface area contributed by atoms with E-state index in [2.05, 4.69) is 29.5 Å². The molecule has 2 atom stereocenters. The summed E-state index contributed by atoms with van der Waals surface area (Å²) >= 11 is 6.13. The highest BCUT2D eigenvalue weighted by Crippen LogP contribution is 2.34. The molecule has 35 heavy (non-hydrogen) atoms. The Kier molecular flexibility index (Phi) is 5.62. The van der Waals surface area contributed by atoms with Gasteiger partial charge in [-0.25, -0.2) is 15.0 Å². The van der Waals surface area contributed by atoms with Gasteiger partial charge in [0.2, 0.25) is 5.78 Å². The minimum atomic E-state index is 0.0232. The maximum atomic E-state index is 13.4. The number of rotatable bonds is 5. The number of benzene rings is 1. The van der Waals surface area contributed by atoms with Crippen molar-refractivity contribution in [2.45, 2.75) is 31.5 Å². The van der Waals surface area contributed by atoms with Gasteiger partial charge in [-0.3, -0.25) is 14.1 Å². The molecule has 3 aromatic heterocycles. The fourth-order valence-corrected chi connectivity index (χ4v) is 5.54. The van der Waals surface area contributed by atoms with Crippen molar-refractivity contribution in [1.82, 2.24) is 29.2 Å². The molecule has 178 valence electrons. The quantitative estimate of drug-likeness (QED) is 0.459. The van der Waals surface area contributed by atoms with Gasteiger partial charge in [-0.15, -0.1) is 0 Å². The van der Waals surface area contributed by atoms with E-state index in [1.807, 2.05) is 55.7 Å². The zero-order valence-corrected chi connectivity index (χ0v) is 20.2. The second kappa shape index (κ2) is 8.94. The molecule has 9 heteroatoms. The Morgan fingerprint density at radius 3 is 2.57 bits per heavy atom. The van der Waals surface area contributed by atoms with E-state index in [1.54, 1.807) is 12.3 Å². The highest BCUT2D eigenvalue weighted by Gasteiger charge is 2.43. The average Bonchev–Trinajstić information content (AvgIpc) is 3.38. The van der Waals surface area contributed by atoms with Crippen molar-refractivity contribution < 1.29 is 4.79 Å². The molecule has 5 heterocycles. The molecular formula is C26H26ClN7O. The van der Waals surface area contributed by atoms with Crippen LogP contribution in [0.5, 0.6) is 0 Å². The summed E-state index contributed by atoms with van der Waals surface area (Å²) in [5, 5.41) is 3.72. The van der Waals surface area contributed by atoms with Gasteiger partial charge in [0.05, 0.1) is 11.4 Å². The third-order valence-electron chi connectivity index (χ3n) is 7.01. The number of likely N-dealkylation sites (tertiary alicyclic amines) is 1. The Morgan fingerprint density at radius 2 is 1.83 bits per heavy atom. The lowest BCUT2D eigenvalue weighted by Gasteiger charge is -2.41. The summed E-state index contributed by atoms with van der Waals surface area (Å²) in [7, 11) is 1.81. The summed E-state index contributed by atoms with van der Waals surface area (Å²) in [4.78, 5) is 31.7. The highest BCUT2D eigenvalue weighted by molar-refractivity contribution is 6.30. The fourth-order valence-electron chi connectivity index (χ4n) is 5.41. The van der Waals surface area contributed by atoms with E-state index in [9.17, 15) is 4.79 Å². The molecule has 1 N–H and O–H groups in total. The molecule has 4 aromatic rings. The number of halogens is 1. The zero-order chi connectivity index (χ0) is 23.9. The maximum Gasteiger partial charge on any atom is 0.273 e. The lowest BCUT2D eigenvalue weighted by molar-refractivity contribution is 0.0397. The molecule has 2 unspecified atom stereocenters. The molecular weight excluding hydrogens is 462 g/mol. The first kappa shape index (κ1) is 22.0. The summed E-state index contributed by atoms with van der Waals surface area (Å²) in [6.07, 6.45) is 5.80. The summed E-state index contributed by atoms with van der Waals surface area (Å²) in [5.41, 5.74) is 3.53. The molecule has 2 aliphatic heterocycles. The van der Waals surface area contributed by atoms with Crippen molar-refractivity contribution in [1.29, 1.82) is 0 Å². The summed E-state index contributed by atoms with van der Waals surface area (Å²) in [5.74, 6) is 1.41. The van der Waals surface area contributed by atoms with Crippen molar-refractivity contribution in [3.8, 4) is 11.3 Å². The number of carbonyl (C=O) groups is 1. The molecule has 0 saturated carbocycles. The molecule has 8 nitrogen and oxygen atoms in total. The molecule has 1 aromatic carbocycles. The van der Waals surface area contributed by atoms with E-state index in [0.29, 0.717) is 22.3 Å². The highest BCUT2D eigenvalue weighted by atomic mass is 35.5. The van der Waals surface area contributed by atoms with E-state index < -0.39 is 0 Å². The van der Waals surface area contributed by atoms with Gasteiger partial charge < -0.3 is 10.2 Å². The van der Waals surface area contributed by atoms with E-state index in [1.165, 1.54) is 0 Å². The number of hydrogen-bond donors (Lipinski definition) is 1. The van der Waals surface area contributed by atoms with Crippen molar-refractivity contribution in [3.05, 3.63) is 77.3 Å². The SMILES string of the molecule is CNc1cccc(C(=O)N2C3CCC2CN(Cc2c(-c4ccc(Cl)cc4)nc4ncccn24)C3)n1. The van der Waals surface area contributed by atoms with E-state index >= 15 is 0 Å². The van der Waals surface area contributed by atoms with Gasteiger partial charge in [-0.05, 0) is 43.2 Å². The molecule has 2 aliphatic rings. The van der Waals surface area contributed by atoms with Crippen molar-refractivity contribution in [3.63, 3.8) is 0 Å². The number of carbonyl (C=O) groups excluding carboxylic acids is 1. The minimum Gasteiger partial charge on any atom is -0.373 e. The summed E-state index contributed by atoms with van der Waals surface area (Å²) in [6.45, 7) is 2.37. The van der Waals surface area contributed by atoms with Gasteiger partial charge in [0.25, 0.3) is 5.91 Å². The van der Waals surface area contributed by atoms with Gasteiger partial charge in [-0.1, -0.05) is 29.8 Å². The van der Waals surface area contributed by atoms with Crippen LogP contribution < -0.4 is 5.32 Å². The first-order valence-corrected chi connectivity index (χ1v) is 12.3. The number of anilines is 1. The van der Waals surface area contributed by atoms with E-state index in [4.69, 9.17) is 16.6 Å². The third kappa shape index (κ3) is 4.02. The maximum absolute atomic E-state index is 13.4. The molecule has 2 saturated heterocycles. The number of pyridine rings is 1. The van der Waals surface area contributed by atoms with Crippen LogP contribution in [0.15, 0.2) is 60.9 Å². The monoisotopic (exact) mass is 487 g/mol. The lowest BCUT2D eigenvalue weighted by Crippen LogP contribution is -2.55. The standard InChI is InChI=1S/C26H26ClN7O/c1-28-23-5-2-4-21(30-23)25(35)34-19-10-11-20(34)15-32(14-19)16-22-24(17-6-8-18(27)9-7-17)31-26-29-12-3-13-33(22)26/h2-9,12-13,19-20H,10-11,14-16H2,1H3,(H,28,30). The molecule has 0 spiro atoms. The summed E-state index contributed by atoms with van der Waals surface area (Å²) in [6, 6.07) is 15.6. The second-order valence-electron chi connectivity index (χ2n) is 9.15. The number of imidazole rings is 1. The topological polar surface area (TPSA) is 78.7 Å². The number of hydrogen-bond acceptors (Lipinski definition) is 6. The Hall–Kier alpha value is -3.49.